The highest BCUT2D eigenvalue weighted by atomic mass is 35.5. The summed E-state index contributed by atoms with van der Waals surface area (Å²) in [6.45, 7) is 5.75. The van der Waals surface area contributed by atoms with E-state index in [1.54, 1.807) is 23.6 Å². The third-order valence-electron chi connectivity index (χ3n) is 4.42. The first-order chi connectivity index (χ1) is 11.3. The zero-order valence-electron chi connectivity index (χ0n) is 13.6. The molecule has 1 unspecified atom stereocenters. The predicted octanol–water partition coefficient (Wildman–Crippen LogP) is 1.97. The smallest absolute Gasteiger partial charge is 0.328 e. The van der Waals surface area contributed by atoms with Crippen molar-refractivity contribution in [3.63, 3.8) is 0 Å². The Balaban J connectivity index is 2.02. The number of carbonyl (C=O) groups is 2. The van der Waals surface area contributed by atoms with Crippen molar-refractivity contribution in [3.8, 4) is 0 Å². The van der Waals surface area contributed by atoms with Crippen LogP contribution in [0.4, 0.5) is 0 Å². The van der Waals surface area contributed by atoms with Crippen LogP contribution in [0.15, 0.2) is 12.1 Å². The van der Waals surface area contributed by atoms with Crippen molar-refractivity contribution in [2.24, 2.45) is 0 Å². The molecule has 0 radical (unpaired) electrons. The van der Waals surface area contributed by atoms with Gasteiger partial charge in [0.1, 0.15) is 11.9 Å². The van der Waals surface area contributed by atoms with E-state index in [2.05, 4.69) is 10.2 Å². The summed E-state index contributed by atoms with van der Waals surface area (Å²) in [6.07, 6.45) is 0. The van der Waals surface area contributed by atoms with Crippen LogP contribution in [0.5, 0.6) is 0 Å². The second kappa shape index (κ2) is 5.90. The van der Waals surface area contributed by atoms with Gasteiger partial charge >= 0.3 is 5.97 Å². The van der Waals surface area contributed by atoms with Gasteiger partial charge in [-0.05, 0) is 44.0 Å². The van der Waals surface area contributed by atoms with Crippen LogP contribution in [0.3, 0.4) is 0 Å². The van der Waals surface area contributed by atoms with Crippen LogP contribution in [0.25, 0.3) is 0 Å². The molecule has 2 heterocycles. The minimum absolute atomic E-state index is 0.0832. The van der Waals surface area contributed by atoms with Crippen LogP contribution >= 0.6 is 11.6 Å². The number of benzene rings is 1. The number of halogens is 1. The number of hydrogen-bond donors (Lipinski definition) is 1. The van der Waals surface area contributed by atoms with E-state index in [4.69, 9.17) is 11.6 Å². The van der Waals surface area contributed by atoms with Crippen LogP contribution in [-0.2, 0) is 17.9 Å². The fourth-order valence-corrected chi connectivity index (χ4v) is 3.14. The Hall–Kier alpha value is -2.41. The van der Waals surface area contributed by atoms with E-state index in [0.717, 1.165) is 11.1 Å². The van der Waals surface area contributed by atoms with E-state index < -0.39 is 17.9 Å². The van der Waals surface area contributed by atoms with Crippen LogP contribution in [0.2, 0.25) is 5.02 Å². The van der Waals surface area contributed by atoms with Gasteiger partial charge in [-0.15, -0.1) is 10.2 Å². The molecule has 0 bridgehead atoms. The van der Waals surface area contributed by atoms with Gasteiger partial charge in [-0.3, -0.25) is 4.79 Å². The second-order valence-electron chi connectivity index (χ2n) is 5.98. The van der Waals surface area contributed by atoms with Crippen LogP contribution < -0.4 is 0 Å². The summed E-state index contributed by atoms with van der Waals surface area (Å²) < 4.78 is 1.73. The Morgan fingerprint density at radius 2 is 1.88 bits per heavy atom. The Morgan fingerprint density at radius 3 is 2.54 bits per heavy atom. The van der Waals surface area contributed by atoms with Gasteiger partial charge in [-0.2, -0.15) is 0 Å². The van der Waals surface area contributed by atoms with E-state index in [0.29, 0.717) is 22.2 Å². The number of fused-ring (bicyclic) bond motifs is 1. The molecule has 24 heavy (non-hydrogen) atoms. The van der Waals surface area contributed by atoms with Crippen molar-refractivity contribution in [2.45, 2.75) is 39.9 Å². The third-order valence-corrected chi connectivity index (χ3v) is 4.73. The summed E-state index contributed by atoms with van der Waals surface area (Å²) in [4.78, 5) is 25.9. The van der Waals surface area contributed by atoms with Gasteiger partial charge < -0.3 is 14.6 Å². The molecule has 0 spiro atoms. The Morgan fingerprint density at radius 1 is 1.21 bits per heavy atom. The number of aryl methyl sites for hydroxylation is 3. The minimum Gasteiger partial charge on any atom is -0.480 e. The van der Waals surface area contributed by atoms with E-state index >= 15 is 0 Å². The highest BCUT2D eigenvalue weighted by Crippen LogP contribution is 2.26. The number of aromatic nitrogens is 3. The van der Waals surface area contributed by atoms with Crippen molar-refractivity contribution >= 4 is 23.5 Å². The molecule has 1 aliphatic rings. The van der Waals surface area contributed by atoms with Gasteiger partial charge in [-0.25, -0.2) is 4.79 Å². The van der Waals surface area contributed by atoms with Crippen molar-refractivity contribution in [2.75, 3.05) is 0 Å². The first kappa shape index (κ1) is 16.4. The van der Waals surface area contributed by atoms with Crippen molar-refractivity contribution in [3.05, 3.63) is 45.5 Å². The maximum absolute atomic E-state index is 12.9. The third kappa shape index (κ3) is 2.65. The zero-order valence-corrected chi connectivity index (χ0v) is 14.3. The minimum atomic E-state index is -1.07. The lowest BCUT2D eigenvalue weighted by Crippen LogP contribution is -2.50. The van der Waals surface area contributed by atoms with E-state index in [1.807, 2.05) is 13.8 Å². The molecule has 8 heteroatoms. The van der Waals surface area contributed by atoms with Gasteiger partial charge in [-0.1, -0.05) is 11.6 Å². The number of carbonyl (C=O) groups excluding carboxylic acids is 1. The molecule has 1 N–H and O–H groups in total. The largest absolute Gasteiger partial charge is 0.480 e. The summed E-state index contributed by atoms with van der Waals surface area (Å²) in [5.41, 5.74) is 2.20. The van der Waals surface area contributed by atoms with Crippen LogP contribution in [0.1, 0.15) is 33.1 Å². The molecule has 3 rings (SSSR count). The number of amides is 1. The van der Waals surface area contributed by atoms with Gasteiger partial charge in [0.2, 0.25) is 0 Å². The second-order valence-corrected chi connectivity index (χ2v) is 6.38. The highest BCUT2D eigenvalue weighted by Gasteiger charge is 2.37. The molecule has 0 saturated carbocycles. The molecule has 1 aromatic carbocycles. The number of aliphatic carboxylic acids is 1. The van der Waals surface area contributed by atoms with E-state index in [9.17, 15) is 14.7 Å². The summed E-state index contributed by atoms with van der Waals surface area (Å²) >= 11 is 6.22. The lowest BCUT2D eigenvalue weighted by atomic mass is 10.0. The summed E-state index contributed by atoms with van der Waals surface area (Å²) in [5, 5.41) is 17.8. The molecule has 2 aromatic rings. The molecular formula is C16H17ClN4O3. The Kier molecular flexibility index (Phi) is 4.04. The molecule has 0 fully saturated rings. The normalized spacial score (nSPS) is 16.8. The predicted molar refractivity (Wildman–Crippen MR) is 87.0 cm³/mol. The number of carboxylic acids is 1. The van der Waals surface area contributed by atoms with Crippen LogP contribution in [0, 0.1) is 20.8 Å². The van der Waals surface area contributed by atoms with Crippen molar-refractivity contribution < 1.29 is 14.7 Å². The van der Waals surface area contributed by atoms with Gasteiger partial charge in [0.05, 0.1) is 23.7 Å². The monoisotopic (exact) mass is 348 g/mol. The SMILES string of the molecule is Cc1cc(Cl)c(C(=O)N2Cc3nnc(C)n3CC2C(=O)O)cc1C. The summed E-state index contributed by atoms with van der Waals surface area (Å²) in [5.74, 6) is -0.282. The molecule has 1 amide bonds. The zero-order chi connectivity index (χ0) is 17.6. The lowest BCUT2D eigenvalue weighted by Gasteiger charge is -2.33. The standard InChI is InChI=1S/C16H17ClN4O3/c1-8-4-11(12(17)5-9(8)2)15(22)21-7-14-19-18-10(3)20(14)6-13(21)16(23)24/h4-5,13H,6-7H2,1-3H3,(H,23,24). The van der Waals surface area contributed by atoms with E-state index in [-0.39, 0.29) is 13.1 Å². The quantitative estimate of drug-likeness (QED) is 0.896. The van der Waals surface area contributed by atoms with Gasteiger partial charge in [0, 0.05) is 0 Å². The molecule has 0 saturated heterocycles. The topological polar surface area (TPSA) is 88.3 Å². The molecular weight excluding hydrogens is 332 g/mol. The molecule has 1 aromatic heterocycles. The first-order valence-corrected chi connectivity index (χ1v) is 7.86. The number of hydrogen-bond acceptors (Lipinski definition) is 4. The summed E-state index contributed by atoms with van der Waals surface area (Å²) in [7, 11) is 0. The Bertz CT molecular complexity index is 846. The number of rotatable bonds is 2. The van der Waals surface area contributed by atoms with Crippen molar-refractivity contribution in [1.82, 2.24) is 19.7 Å². The van der Waals surface area contributed by atoms with Gasteiger partial charge in [0.25, 0.3) is 5.91 Å². The molecule has 7 nitrogen and oxygen atoms in total. The van der Waals surface area contributed by atoms with Crippen molar-refractivity contribution in [1.29, 1.82) is 0 Å². The Labute approximate surface area is 143 Å². The average Bonchev–Trinajstić information content (AvgIpc) is 2.89. The molecule has 0 aliphatic carbocycles. The number of nitrogens with zero attached hydrogens (tertiary/aromatic N) is 4. The van der Waals surface area contributed by atoms with E-state index in [1.165, 1.54) is 4.90 Å². The average molecular weight is 349 g/mol. The van der Waals surface area contributed by atoms with Crippen LogP contribution in [-0.4, -0.2) is 42.7 Å². The highest BCUT2D eigenvalue weighted by molar-refractivity contribution is 6.34. The molecule has 126 valence electrons. The molecule has 1 atom stereocenters. The lowest BCUT2D eigenvalue weighted by molar-refractivity contribution is -0.143. The maximum atomic E-state index is 12.9. The summed E-state index contributed by atoms with van der Waals surface area (Å²) in [6, 6.07) is 2.43. The van der Waals surface area contributed by atoms with Gasteiger partial charge in [0.15, 0.2) is 5.82 Å². The first-order valence-electron chi connectivity index (χ1n) is 7.48. The maximum Gasteiger partial charge on any atom is 0.328 e. The fourth-order valence-electron chi connectivity index (χ4n) is 2.84. The molecule has 1 aliphatic heterocycles. The fraction of sp³-hybridized carbons (Fsp3) is 0.375. The number of carboxylic acid groups (broad SMARTS) is 1.